The van der Waals surface area contributed by atoms with Gasteiger partial charge in [0.2, 0.25) is 0 Å². The van der Waals surface area contributed by atoms with E-state index in [0.29, 0.717) is 12.2 Å². The molecule has 0 bridgehead atoms. The van der Waals surface area contributed by atoms with Crippen molar-refractivity contribution >= 4 is 17.3 Å². The molecule has 0 aliphatic carbocycles. The van der Waals surface area contributed by atoms with Gasteiger partial charge in [-0.05, 0) is 32.9 Å². The highest BCUT2D eigenvalue weighted by molar-refractivity contribution is 5.72. The summed E-state index contributed by atoms with van der Waals surface area (Å²) in [6.45, 7) is 5.31. The van der Waals surface area contributed by atoms with Crippen molar-refractivity contribution in [2.45, 2.75) is 38.8 Å². The van der Waals surface area contributed by atoms with Gasteiger partial charge in [0.15, 0.2) is 11.2 Å². The van der Waals surface area contributed by atoms with Crippen LogP contribution in [0.3, 0.4) is 0 Å². The molecule has 2 N–H and O–H groups in total. The molecule has 1 unspecified atom stereocenters. The Morgan fingerprint density at radius 2 is 1.97 bits per heavy atom. The number of fused-ring (bicyclic) bond motifs is 1. The Kier molecular flexibility index (Phi) is 5.27. The highest BCUT2D eigenvalue weighted by atomic mass is 16.6. The van der Waals surface area contributed by atoms with Gasteiger partial charge in [0, 0.05) is 32.4 Å². The van der Waals surface area contributed by atoms with E-state index in [-0.39, 0.29) is 11.2 Å². The zero-order valence-corrected chi connectivity index (χ0v) is 17.0. The lowest BCUT2D eigenvalue weighted by molar-refractivity contribution is 0.0500. The number of hydrogen-bond acceptors (Lipinski definition) is 6. The second-order valence-electron chi connectivity index (χ2n) is 7.74. The molecule has 154 valence electrons. The molecule has 1 atom stereocenters. The largest absolute Gasteiger partial charge is 0.444 e. The summed E-state index contributed by atoms with van der Waals surface area (Å²) in [5.74, 6) is 0.406. The van der Waals surface area contributed by atoms with Gasteiger partial charge in [-0.25, -0.2) is 14.6 Å². The summed E-state index contributed by atoms with van der Waals surface area (Å²) < 4.78 is 8.20. The third-order valence-corrected chi connectivity index (χ3v) is 4.31. The SMILES string of the molecule is Cn1c(C(Cc2ccccn2)NC(=O)OC(C)(C)C)nc2c1c(=O)[nH]c(=O)n2C. The molecule has 0 spiro atoms. The Hall–Kier alpha value is -3.43. The molecule has 0 fully saturated rings. The van der Waals surface area contributed by atoms with E-state index in [2.05, 4.69) is 20.3 Å². The summed E-state index contributed by atoms with van der Waals surface area (Å²) in [5, 5.41) is 2.81. The molecule has 0 aliphatic rings. The number of aromatic amines is 1. The topological polar surface area (TPSA) is 124 Å². The number of aromatic nitrogens is 5. The Morgan fingerprint density at radius 3 is 2.59 bits per heavy atom. The molecular formula is C19H24N6O4. The summed E-state index contributed by atoms with van der Waals surface area (Å²) in [5.41, 5.74) is -0.588. The van der Waals surface area contributed by atoms with E-state index in [1.165, 1.54) is 11.6 Å². The van der Waals surface area contributed by atoms with Crippen molar-refractivity contribution in [1.29, 1.82) is 0 Å². The van der Waals surface area contributed by atoms with E-state index in [9.17, 15) is 14.4 Å². The Balaban J connectivity index is 2.08. The first-order valence-corrected chi connectivity index (χ1v) is 9.12. The number of carbonyl (C=O) groups is 1. The van der Waals surface area contributed by atoms with Crippen LogP contribution in [0.25, 0.3) is 11.2 Å². The summed E-state index contributed by atoms with van der Waals surface area (Å²) >= 11 is 0. The zero-order chi connectivity index (χ0) is 21.3. The number of aryl methyl sites for hydroxylation is 2. The number of amides is 1. The lowest BCUT2D eigenvalue weighted by Gasteiger charge is -2.23. The molecule has 10 nitrogen and oxygen atoms in total. The molecule has 0 aliphatic heterocycles. The van der Waals surface area contributed by atoms with Gasteiger partial charge in [-0.15, -0.1) is 0 Å². The van der Waals surface area contributed by atoms with E-state index in [4.69, 9.17) is 4.74 Å². The minimum atomic E-state index is -0.674. The van der Waals surface area contributed by atoms with Gasteiger partial charge in [-0.3, -0.25) is 19.3 Å². The van der Waals surface area contributed by atoms with Crippen LogP contribution in [0.4, 0.5) is 4.79 Å². The fraction of sp³-hybridized carbons (Fsp3) is 0.421. The summed E-state index contributed by atoms with van der Waals surface area (Å²) in [7, 11) is 3.18. The van der Waals surface area contributed by atoms with Crippen molar-refractivity contribution in [3.63, 3.8) is 0 Å². The maximum absolute atomic E-state index is 12.4. The van der Waals surface area contributed by atoms with Crippen LogP contribution in [-0.4, -0.2) is 35.8 Å². The van der Waals surface area contributed by atoms with Crippen LogP contribution in [0.15, 0.2) is 34.0 Å². The first kappa shape index (κ1) is 20.3. The second kappa shape index (κ2) is 7.53. The Bertz CT molecular complexity index is 1150. The van der Waals surface area contributed by atoms with Gasteiger partial charge in [-0.2, -0.15) is 0 Å². The normalized spacial score (nSPS) is 12.7. The van der Waals surface area contributed by atoms with Crippen molar-refractivity contribution < 1.29 is 9.53 Å². The summed E-state index contributed by atoms with van der Waals surface area (Å²) in [6, 6.07) is 4.83. The maximum atomic E-state index is 12.4. The van der Waals surface area contributed by atoms with E-state index >= 15 is 0 Å². The number of hydrogen-bond donors (Lipinski definition) is 2. The van der Waals surface area contributed by atoms with Crippen molar-refractivity contribution in [2.75, 3.05) is 0 Å². The standard InChI is InChI=1S/C19H24N6O4/c1-19(2,3)29-18(28)21-12(10-11-8-6-7-9-20-11)14-22-15-13(24(14)4)16(26)23-17(27)25(15)5/h6-9,12H,10H2,1-5H3,(H,21,28)(H,23,26,27). The summed E-state index contributed by atoms with van der Waals surface area (Å²) in [4.78, 5) is 47.7. The predicted molar refractivity (Wildman–Crippen MR) is 107 cm³/mol. The van der Waals surface area contributed by atoms with E-state index in [1.54, 1.807) is 44.6 Å². The molecule has 3 aromatic heterocycles. The maximum Gasteiger partial charge on any atom is 0.408 e. The van der Waals surface area contributed by atoms with Crippen LogP contribution in [-0.2, 0) is 25.3 Å². The monoisotopic (exact) mass is 400 g/mol. The van der Waals surface area contributed by atoms with Crippen LogP contribution in [0.2, 0.25) is 0 Å². The highest BCUT2D eigenvalue weighted by Gasteiger charge is 2.26. The van der Waals surface area contributed by atoms with Crippen LogP contribution < -0.4 is 16.6 Å². The Labute approximate surface area is 166 Å². The number of pyridine rings is 1. The zero-order valence-electron chi connectivity index (χ0n) is 17.0. The van der Waals surface area contributed by atoms with Gasteiger partial charge in [-0.1, -0.05) is 6.07 Å². The van der Waals surface area contributed by atoms with Crippen LogP contribution in [0.1, 0.15) is 38.3 Å². The van der Waals surface area contributed by atoms with Gasteiger partial charge in [0.05, 0.1) is 6.04 Å². The van der Waals surface area contributed by atoms with E-state index < -0.39 is 29.0 Å². The molecule has 1 amide bonds. The molecule has 0 aromatic carbocycles. The quantitative estimate of drug-likeness (QED) is 0.677. The van der Waals surface area contributed by atoms with Crippen molar-refractivity contribution in [3.05, 3.63) is 56.8 Å². The molecule has 3 aromatic rings. The third kappa shape index (κ3) is 4.36. The van der Waals surface area contributed by atoms with Gasteiger partial charge >= 0.3 is 11.8 Å². The van der Waals surface area contributed by atoms with Crippen molar-refractivity contribution in [1.82, 2.24) is 29.4 Å². The minimum absolute atomic E-state index is 0.230. The van der Waals surface area contributed by atoms with Crippen molar-refractivity contribution in [2.24, 2.45) is 14.1 Å². The van der Waals surface area contributed by atoms with Crippen LogP contribution in [0, 0.1) is 0 Å². The first-order valence-electron chi connectivity index (χ1n) is 9.12. The molecule has 29 heavy (non-hydrogen) atoms. The molecule has 3 heterocycles. The number of ether oxygens (including phenoxy) is 1. The number of nitrogens with one attached hydrogen (secondary N) is 2. The fourth-order valence-corrected chi connectivity index (χ4v) is 3.02. The van der Waals surface area contributed by atoms with Gasteiger partial charge in [0.25, 0.3) is 5.56 Å². The molecular weight excluding hydrogens is 376 g/mol. The van der Waals surface area contributed by atoms with Crippen molar-refractivity contribution in [3.8, 4) is 0 Å². The fourth-order valence-electron chi connectivity index (χ4n) is 3.02. The molecule has 3 rings (SSSR count). The Morgan fingerprint density at radius 1 is 1.24 bits per heavy atom. The average molecular weight is 400 g/mol. The predicted octanol–water partition coefficient (Wildman–Crippen LogP) is 1.16. The molecule has 10 heteroatoms. The molecule has 0 saturated carbocycles. The number of carbonyl (C=O) groups excluding carboxylic acids is 1. The molecule has 0 saturated heterocycles. The second-order valence-corrected chi connectivity index (χ2v) is 7.74. The third-order valence-electron chi connectivity index (χ3n) is 4.31. The number of alkyl carbamates (subject to hydrolysis) is 1. The average Bonchev–Trinajstić information content (AvgIpc) is 2.96. The lowest BCUT2D eigenvalue weighted by atomic mass is 10.1. The minimum Gasteiger partial charge on any atom is -0.444 e. The molecule has 0 radical (unpaired) electrons. The summed E-state index contributed by atoms with van der Waals surface area (Å²) in [6.07, 6.45) is 1.36. The number of nitrogens with zero attached hydrogens (tertiary/aromatic N) is 4. The van der Waals surface area contributed by atoms with E-state index in [1.807, 2.05) is 12.1 Å². The first-order chi connectivity index (χ1) is 13.6. The number of H-pyrrole nitrogens is 1. The van der Waals surface area contributed by atoms with Crippen LogP contribution in [0.5, 0.6) is 0 Å². The smallest absolute Gasteiger partial charge is 0.408 e. The highest BCUT2D eigenvalue weighted by Crippen LogP contribution is 2.20. The lowest BCUT2D eigenvalue weighted by Crippen LogP contribution is -2.37. The van der Waals surface area contributed by atoms with Gasteiger partial charge in [0.1, 0.15) is 11.4 Å². The van der Waals surface area contributed by atoms with Crippen LogP contribution >= 0.6 is 0 Å². The van der Waals surface area contributed by atoms with E-state index in [0.717, 1.165) is 5.69 Å². The van der Waals surface area contributed by atoms with Gasteiger partial charge < -0.3 is 14.6 Å². The number of rotatable bonds is 4. The number of imidazole rings is 1.